The van der Waals surface area contributed by atoms with E-state index in [-0.39, 0.29) is 11.8 Å². The minimum atomic E-state index is -0.0929. The number of hydrogen-bond donors (Lipinski definition) is 0. The Hall–Kier alpha value is -2.50. The maximum atomic E-state index is 12.9. The number of carbonyl (C=O) groups is 1. The average molecular weight is 407 g/mol. The normalized spacial score (nSPS) is 19.5. The van der Waals surface area contributed by atoms with E-state index < -0.39 is 0 Å². The predicted molar refractivity (Wildman–Crippen MR) is 116 cm³/mol. The average Bonchev–Trinajstić information content (AvgIpc) is 3.18. The molecule has 0 N–H and O–H groups in total. The van der Waals surface area contributed by atoms with Crippen molar-refractivity contribution in [2.75, 3.05) is 25.0 Å². The van der Waals surface area contributed by atoms with E-state index in [1.807, 2.05) is 25.4 Å². The van der Waals surface area contributed by atoms with Gasteiger partial charge >= 0.3 is 0 Å². The predicted octanol–water partition coefficient (Wildman–Crippen LogP) is 4.12. The summed E-state index contributed by atoms with van der Waals surface area (Å²) < 4.78 is 0. The molecule has 3 aromatic rings. The van der Waals surface area contributed by atoms with Gasteiger partial charge in [-0.1, -0.05) is 35.9 Å². The summed E-state index contributed by atoms with van der Waals surface area (Å²) in [6, 6.07) is 12.2. The van der Waals surface area contributed by atoms with Crippen molar-refractivity contribution in [3.05, 3.63) is 64.7 Å². The second kappa shape index (κ2) is 7.39. The number of halogens is 1. The van der Waals surface area contributed by atoms with Crippen LogP contribution in [0.4, 0.5) is 5.69 Å². The van der Waals surface area contributed by atoms with Gasteiger partial charge in [-0.2, -0.15) is 0 Å². The number of carbonyl (C=O) groups excluding carboxylic acids is 1. The molecule has 1 saturated heterocycles. The lowest BCUT2D eigenvalue weighted by Gasteiger charge is -2.31. The first-order valence-electron chi connectivity index (χ1n) is 10.1. The van der Waals surface area contributed by atoms with E-state index in [1.165, 1.54) is 0 Å². The SMILES string of the molecule is CN1CCC[C@H]1C(=O)c1ncc2c(n1)CN(c1cccc3cccc(Cl)c13)CC2. The standard InChI is InChI=1S/C23H23ClN4O/c1-27-11-4-9-20(27)22(29)23-25-13-16-10-12-28(14-18(16)26-23)19-8-3-6-15-5-2-7-17(24)21(15)19/h2-3,5-8,13,20H,4,9-12,14H2,1H3/t20-/m0/s1. The van der Waals surface area contributed by atoms with E-state index in [2.05, 4.69) is 39.0 Å². The highest BCUT2D eigenvalue weighted by Gasteiger charge is 2.31. The minimum Gasteiger partial charge on any atom is -0.365 e. The Kier molecular flexibility index (Phi) is 4.72. The summed E-state index contributed by atoms with van der Waals surface area (Å²) in [4.78, 5) is 26.4. The van der Waals surface area contributed by atoms with Crippen molar-refractivity contribution in [1.82, 2.24) is 14.9 Å². The number of nitrogens with zero attached hydrogens (tertiary/aromatic N) is 4. The Bertz CT molecular complexity index is 1090. The van der Waals surface area contributed by atoms with E-state index in [0.717, 1.165) is 65.1 Å². The summed E-state index contributed by atoms with van der Waals surface area (Å²) in [7, 11) is 2.00. The Labute approximate surface area is 175 Å². The van der Waals surface area contributed by atoms with Crippen molar-refractivity contribution in [3.8, 4) is 0 Å². The molecule has 3 heterocycles. The van der Waals surface area contributed by atoms with Crippen LogP contribution >= 0.6 is 11.6 Å². The molecule has 0 amide bonds. The quantitative estimate of drug-likeness (QED) is 0.612. The molecule has 2 aliphatic heterocycles. The first kappa shape index (κ1) is 18.5. The lowest BCUT2D eigenvalue weighted by molar-refractivity contribution is 0.0879. The second-order valence-electron chi connectivity index (χ2n) is 7.96. The van der Waals surface area contributed by atoms with Gasteiger partial charge in [0, 0.05) is 23.8 Å². The zero-order chi connectivity index (χ0) is 20.0. The molecule has 0 unspecified atom stereocenters. The molecule has 0 aliphatic carbocycles. The van der Waals surface area contributed by atoms with Crippen LogP contribution in [-0.2, 0) is 13.0 Å². The monoisotopic (exact) mass is 406 g/mol. The topological polar surface area (TPSA) is 49.3 Å². The molecule has 29 heavy (non-hydrogen) atoms. The zero-order valence-electron chi connectivity index (χ0n) is 16.4. The molecule has 5 rings (SSSR count). The molecule has 0 saturated carbocycles. The van der Waals surface area contributed by atoms with Gasteiger partial charge in [0.25, 0.3) is 0 Å². The summed E-state index contributed by atoms with van der Waals surface area (Å²) in [6.45, 7) is 2.49. The number of aromatic nitrogens is 2. The van der Waals surface area contributed by atoms with E-state index >= 15 is 0 Å². The van der Waals surface area contributed by atoms with Crippen LogP contribution in [0.1, 0.15) is 34.7 Å². The van der Waals surface area contributed by atoms with Gasteiger partial charge in [-0.15, -0.1) is 0 Å². The third-order valence-electron chi connectivity index (χ3n) is 6.16. The van der Waals surface area contributed by atoms with Gasteiger partial charge in [-0.05, 0) is 55.9 Å². The van der Waals surface area contributed by atoms with Gasteiger partial charge in [0.05, 0.1) is 23.3 Å². The van der Waals surface area contributed by atoms with Crippen LogP contribution in [0.25, 0.3) is 10.8 Å². The van der Waals surface area contributed by atoms with Crippen LogP contribution in [0.3, 0.4) is 0 Å². The lowest BCUT2D eigenvalue weighted by Crippen LogP contribution is -2.35. The fraction of sp³-hybridized carbons (Fsp3) is 0.348. The lowest BCUT2D eigenvalue weighted by atomic mass is 10.0. The van der Waals surface area contributed by atoms with Gasteiger partial charge in [0.1, 0.15) is 0 Å². The van der Waals surface area contributed by atoms with Gasteiger partial charge in [-0.3, -0.25) is 9.69 Å². The van der Waals surface area contributed by atoms with E-state index in [1.54, 1.807) is 0 Å². The van der Waals surface area contributed by atoms with Crippen molar-refractivity contribution >= 4 is 33.8 Å². The highest BCUT2D eigenvalue weighted by molar-refractivity contribution is 6.36. The van der Waals surface area contributed by atoms with E-state index in [9.17, 15) is 4.79 Å². The molecule has 0 spiro atoms. The van der Waals surface area contributed by atoms with Crippen LogP contribution in [0.15, 0.2) is 42.6 Å². The first-order chi connectivity index (χ1) is 14.1. The third-order valence-corrected chi connectivity index (χ3v) is 6.48. The van der Waals surface area contributed by atoms with Crippen LogP contribution in [0.5, 0.6) is 0 Å². The first-order valence-corrected chi connectivity index (χ1v) is 10.5. The number of Topliss-reactive ketones (excluding diaryl/α,β-unsaturated/α-hetero) is 1. The maximum absolute atomic E-state index is 12.9. The molecule has 2 aromatic carbocycles. The number of rotatable bonds is 3. The fourth-order valence-corrected chi connectivity index (χ4v) is 4.84. The highest BCUT2D eigenvalue weighted by Crippen LogP contribution is 2.35. The molecule has 0 bridgehead atoms. The smallest absolute Gasteiger partial charge is 0.217 e. The van der Waals surface area contributed by atoms with Crippen molar-refractivity contribution in [2.45, 2.75) is 31.8 Å². The van der Waals surface area contributed by atoms with Crippen molar-refractivity contribution in [2.24, 2.45) is 0 Å². The summed E-state index contributed by atoms with van der Waals surface area (Å²) in [5.74, 6) is 0.387. The molecule has 1 atom stereocenters. The molecule has 0 radical (unpaired) electrons. The number of likely N-dealkylation sites (tertiary alicyclic amines) is 1. The molecule has 2 aliphatic rings. The number of benzene rings is 2. The number of fused-ring (bicyclic) bond motifs is 2. The Morgan fingerprint density at radius 3 is 2.79 bits per heavy atom. The molecule has 6 heteroatoms. The van der Waals surface area contributed by atoms with Crippen LogP contribution in [-0.4, -0.2) is 46.8 Å². The maximum Gasteiger partial charge on any atom is 0.217 e. The van der Waals surface area contributed by atoms with Gasteiger partial charge < -0.3 is 4.90 Å². The Morgan fingerprint density at radius 2 is 2.00 bits per heavy atom. The molecule has 1 fully saturated rings. The third kappa shape index (κ3) is 3.28. The molecule has 1 aromatic heterocycles. The number of ketones is 1. The molecule has 5 nitrogen and oxygen atoms in total. The summed E-state index contributed by atoms with van der Waals surface area (Å²) in [5.41, 5.74) is 3.18. The second-order valence-corrected chi connectivity index (χ2v) is 8.36. The number of anilines is 1. The van der Waals surface area contributed by atoms with E-state index in [0.29, 0.717) is 12.4 Å². The molecular weight excluding hydrogens is 384 g/mol. The fourth-order valence-electron chi connectivity index (χ4n) is 4.56. The van der Waals surface area contributed by atoms with Crippen molar-refractivity contribution in [1.29, 1.82) is 0 Å². The highest BCUT2D eigenvalue weighted by atomic mass is 35.5. The van der Waals surface area contributed by atoms with Gasteiger partial charge in [0.2, 0.25) is 5.78 Å². The van der Waals surface area contributed by atoms with Crippen LogP contribution < -0.4 is 4.90 Å². The van der Waals surface area contributed by atoms with Crippen LogP contribution in [0.2, 0.25) is 5.02 Å². The van der Waals surface area contributed by atoms with Crippen molar-refractivity contribution < 1.29 is 4.79 Å². The molecule has 148 valence electrons. The van der Waals surface area contributed by atoms with E-state index in [4.69, 9.17) is 16.6 Å². The van der Waals surface area contributed by atoms with Crippen molar-refractivity contribution in [3.63, 3.8) is 0 Å². The number of hydrogen-bond acceptors (Lipinski definition) is 5. The largest absolute Gasteiger partial charge is 0.365 e. The van der Waals surface area contributed by atoms with Gasteiger partial charge in [0.15, 0.2) is 5.82 Å². The Morgan fingerprint density at radius 1 is 1.17 bits per heavy atom. The summed E-state index contributed by atoms with van der Waals surface area (Å²) >= 11 is 6.53. The van der Waals surface area contributed by atoms with Crippen LogP contribution in [0, 0.1) is 0 Å². The summed E-state index contributed by atoms with van der Waals surface area (Å²) in [5, 5.41) is 2.95. The zero-order valence-corrected chi connectivity index (χ0v) is 17.2. The molecular formula is C23H23ClN4O. The summed E-state index contributed by atoms with van der Waals surface area (Å²) in [6.07, 6.45) is 4.63. The Balaban J connectivity index is 1.47. The van der Waals surface area contributed by atoms with Gasteiger partial charge in [-0.25, -0.2) is 9.97 Å². The minimum absolute atomic E-state index is 0.0399. The number of likely N-dealkylation sites (N-methyl/N-ethyl adjacent to an activating group) is 1.